The van der Waals surface area contributed by atoms with Crippen LogP contribution in [0.2, 0.25) is 10.0 Å². The zero-order valence-corrected chi connectivity index (χ0v) is 27.9. The molecule has 3 aliphatic heterocycles. The van der Waals surface area contributed by atoms with Crippen LogP contribution in [-0.4, -0.2) is 86.4 Å². The number of nitrogens with one attached hydrogen (secondary N) is 2. The normalized spacial score (nSPS) is 25.7. The lowest BCUT2D eigenvalue weighted by Gasteiger charge is -2.39. The van der Waals surface area contributed by atoms with E-state index in [0.29, 0.717) is 26.3 Å². The minimum atomic E-state index is -6.37. The molecule has 0 unspecified atom stereocenters. The number of morpholine rings is 1. The van der Waals surface area contributed by atoms with Crippen molar-refractivity contribution in [3.8, 4) is 0 Å². The second-order valence-electron chi connectivity index (χ2n) is 13.0. The molecule has 9 nitrogen and oxygen atoms in total. The topological polar surface area (TPSA) is 108 Å². The first-order valence-electron chi connectivity index (χ1n) is 14.7. The molecule has 0 bridgehead atoms. The van der Waals surface area contributed by atoms with Gasteiger partial charge in [0, 0.05) is 43.8 Å². The maximum Gasteiger partial charge on any atom is 0.511 e. The number of hydrogen-bond acceptors (Lipinski definition) is 6. The van der Waals surface area contributed by atoms with E-state index in [1.807, 2.05) is 4.90 Å². The first-order valence-corrected chi connectivity index (χ1v) is 16.9. The van der Waals surface area contributed by atoms with Crippen LogP contribution >= 0.6 is 23.2 Å². The third-order valence-electron chi connectivity index (χ3n) is 8.82. The fraction of sp³-hybridized carbons (Fsp3) is 0.533. The standard InChI is InChI=1S/C30H33Cl2F5N4O5S/c1-28(2,3)15-23-29(17-13-21(34)19(32)14-22(17)39-27(29)43)24(16-4-5-20(33)18(31)12-16)25(41(23)47(44,45)30(35,36)37)26(42)38-6-7-40-8-10-46-11-9-40/h4-5,12-14,23-25H,6-11,15H2,1-3H3,(H,38,42)(H,39,43)/t23-,24-,25+,29-/m0/s1. The van der Waals surface area contributed by atoms with Crippen molar-refractivity contribution < 1.29 is 44.7 Å². The van der Waals surface area contributed by atoms with Gasteiger partial charge in [0.05, 0.1) is 23.3 Å². The lowest BCUT2D eigenvalue weighted by Crippen LogP contribution is -2.56. The maximum atomic E-state index is 15.2. The first-order chi connectivity index (χ1) is 21.8. The lowest BCUT2D eigenvalue weighted by molar-refractivity contribution is -0.125. The van der Waals surface area contributed by atoms with Crippen LogP contribution in [0.25, 0.3) is 0 Å². The summed E-state index contributed by atoms with van der Waals surface area (Å²) in [7, 11) is -6.37. The molecule has 5 rings (SSSR count). The van der Waals surface area contributed by atoms with E-state index >= 15 is 4.39 Å². The van der Waals surface area contributed by atoms with Gasteiger partial charge in [0.2, 0.25) is 11.8 Å². The van der Waals surface area contributed by atoms with Crippen LogP contribution in [0.5, 0.6) is 0 Å². The van der Waals surface area contributed by atoms with Crippen molar-refractivity contribution in [1.82, 2.24) is 14.5 Å². The molecule has 2 aromatic rings. The van der Waals surface area contributed by atoms with Crippen molar-refractivity contribution in [2.75, 3.05) is 44.7 Å². The van der Waals surface area contributed by atoms with Gasteiger partial charge in [0.25, 0.3) is 0 Å². The molecule has 258 valence electrons. The highest BCUT2D eigenvalue weighted by Crippen LogP contribution is 2.61. The highest BCUT2D eigenvalue weighted by molar-refractivity contribution is 7.90. The summed E-state index contributed by atoms with van der Waals surface area (Å²) in [5.74, 6) is -5.80. The summed E-state index contributed by atoms with van der Waals surface area (Å²) >= 11 is 12.1. The molecule has 2 amide bonds. The van der Waals surface area contributed by atoms with E-state index in [4.69, 9.17) is 27.9 Å². The van der Waals surface area contributed by atoms with Gasteiger partial charge in [-0.3, -0.25) is 14.5 Å². The third kappa shape index (κ3) is 6.34. The molecule has 47 heavy (non-hydrogen) atoms. The Morgan fingerprint density at radius 1 is 1.06 bits per heavy atom. The average Bonchev–Trinajstić information content (AvgIpc) is 3.41. The van der Waals surface area contributed by atoms with E-state index in [9.17, 15) is 35.6 Å². The van der Waals surface area contributed by atoms with Crippen molar-refractivity contribution in [3.05, 3.63) is 63.1 Å². The highest BCUT2D eigenvalue weighted by atomic mass is 35.5. The van der Waals surface area contributed by atoms with Gasteiger partial charge in [0.15, 0.2) is 0 Å². The molecule has 0 aromatic heterocycles. The molecule has 0 aliphatic carbocycles. The van der Waals surface area contributed by atoms with Crippen LogP contribution in [0.3, 0.4) is 0 Å². The Balaban J connectivity index is 1.80. The van der Waals surface area contributed by atoms with Crippen molar-refractivity contribution in [3.63, 3.8) is 0 Å². The molecular weight excluding hydrogens is 694 g/mol. The highest BCUT2D eigenvalue weighted by Gasteiger charge is 2.73. The molecule has 2 saturated heterocycles. The van der Waals surface area contributed by atoms with E-state index in [1.54, 1.807) is 20.8 Å². The van der Waals surface area contributed by atoms with Gasteiger partial charge in [-0.15, -0.1) is 0 Å². The smallest absolute Gasteiger partial charge is 0.379 e. The Morgan fingerprint density at radius 2 is 1.70 bits per heavy atom. The van der Waals surface area contributed by atoms with Crippen LogP contribution < -0.4 is 10.6 Å². The van der Waals surface area contributed by atoms with Crippen LogP contribution in [0.15, 0.2) is 30.3 Å². The minimum Gasteiger partial charge on any atom is -0.379 e. The van der Waals surface area contributed by atoms with Gasteiger partial charge in [-0.2, -0.15) is 17.5 Å². The molecule has 1 spiro atoms. The molecule has 3 aliphatic rings. The van der Waals surface area contributed by atoms with Gasteiger partial charge in [-0.05, 0) is 47.2 Å². The summed E-state index contributed by atoms with van der Waals surface area (Å²) in [4.78, 5) is 30.6. The van der Waals surface area contributed by atoms with Gasteiger partial charge in [-0.1, -0.05) is 50.0 Å². The van der Waals surface area contributed by atoms with E-state index in [1.165, 1.54) is 0 Å². The Morgan fingerprint density at radius 3 is 2.30 bits per heavy atom. The molecule has 2 N–H and O–H groups in total. The predicted molar refractivity (Wildman–Crippen MR) is 165 cm³/mol. The number of carbonyl (C=O) groups is 2. The predicted octanol–water partition coefficient (Wildman–Crippen LogP) is 5.03. The monoisotopic (exact) mass is 726 g/mol. The Labute approximate surface area is 278 Å². The summed E-state index contributed by atoms with van der Waals surface area (Å²) in [5.41, 5.74) is -9.57. The quantitative estimate of drug-likeness (QED) is 0.388. The Hall–Kier alpha value is -2.56. The third-order valence-corrected chi connectivity index (χ3v) is 11.0. The van der Waals surface area contributed by atoms with E-state index < -0.39 is 77.9 Å². The van der Waals surface area contributed by atoms with Crippen molar-refractivity contribution in [1.29, 1.82) is 0 Å². The number of rotatable bonds is 7. The molecule has 0 saturated carbocycles. The molecule has 4 atom stereocenters. The summed E-state index contributed by atoms with van der Waals surface area (Å²) in [6.45, 7) is 6.99. The number of hydrogen-bond donors (Lipinski definition) is 2. The van der Waals surface area contributed by atoms with Gasteiger partial charge >= 0.3 is 15.5 Å². The van der Waals surface area contributed by atoms with Gasteiger partial charge in [-0.25, -0.2) is 17.2 Å². The SMILES string of the molecule is CC(C)(C)C[C@@H]1N(S(=O)(=O)C(F)(F)F)[C@@H](C(=O)NCCN2CCOCC2)[C@H](c2ccc(F)c(Cl)c2)[C@@]12C(=O)Nc1cc(Cl)c(F)cc12. The molecule has 0 radical (unpaired) electrons. The number of fused-ring (bicyclic) bond motifs is 2. The van der Waals surface area contributed by atoms with Crippen molar-refractivity contribution >= 4 is 50.7 Å². The largest absolute Gasteiger partial charge is 0.511 e. The summed E-state index contributed by atoms with van der Waals surface area (Å²) in [6, 6.07) is 0.884. The van der Waals surface area contributed by atoms with Gasteiger partial charge < -0.3 is 15.4 Å². The number of ether oxygens (including phenoxy) is 1. The van der Waals surface area contributed by atoms with E-state index in [-0.39, 0.29) is 40.6 Å². The number of anilines is 1. The van der Waals surface area contributed by atoms with Crippen molar-refractivity contribution in [2.24, 2.45) is 5.41 Å². The maximum absolute atomic E-state index is 15.2. The number of amides is 2. The fourth-order valence-electron chi connectivity index (χ4n) is 6.93. The van der Waals surface area contributed by atoms with Crippen molar-refractivity contribution in [2.45, 2.75) is 56.1 Å². The molecule has 2 fully saturated rings. The summed E-state index contributed by atoms with van der Waals surface area (Å²) < 4.78 is 106. The first kappa shape index (κ1) is 35.7. The zero-order valence-electron chi connectivity index (χ0n) is 25.6. The molecule has 17 heteroatoms. The van der Waals surface area contributed by atoms with Crippen LogP contribution in [-0.2, 0) is 29.8 Å². The number of sulfonamides is 1. The number of alkyl halides is 3. The molecular formula is C30H33Cl2F5N4O5S. The lowest BCUT2D eigenvalue weighted by atomic mass is 9.62. The minimum absolute atomic E-state index is 0.0471. The fourth-order valence-corrected chi connectivity index (χ4v) is 8.61. The Bertz CT molecular complexity index is 1680. The number of halogens is 7. The second kappa shape index (κ2) is 12.7. The van der Waals surface area contributed by atoms with Crippen LogP contribution in [0.1, 0.15) is 44.2 Å². The molecule has 3 heterocycles. The Kier molecular flexibility index (Phi) is 9.67. The summed E-state index contributed by atoms with van der Waals surface area (Å²) in [6.07, 6.45) is -0.387. The number of carbonyl (C=O) groups excluding carboxylic acids is 2. The summed E-state index contributed by atoms with van der Waals surface area (Å²) in [5, 5.41) is 4.21. The second-order valence-corrected chi connectivity index (χ2v) is 15.7. The van der Waals surface area contributed by atoms with E-state index in [0.717, 1.165) is 30.3 Å². The van der Waals surface area contributed by atoms with Crippen LogP contribution in [0, 0.1) is 17.0 Å². The number of nitrogens with zero attached hydrogens (tertiary/aromatic N) is 2. The zero-order chi connectivity index (χ0) is 34.7. The molecule has 2 aromatic carbocycles. The number of benzene rings is 2. The van der Waals surface area contributed by atoms with Crippen LogP contribution in [0.4, 0.5) is 27.6 Å². The average molecular weight is 728 g/mol. The van der Waals surface area contributed by atoms with Gasteiger partial charge in [0.1, 0.15) is 23.1 Å². The van der Waals surface area contributed by atoms with E-state index in [2.05, 4.69) is 10.6 Å².